The van der Waals surface area contributed by atoms with Gasteiger partial charge in [0.15, 0.2) is 0 Å². The summed E-state index contributed by atoms with van der Waals surface area (Å²) < 4.78 is 16.9. The standard InChI is InChI=1S/C24H31N5O6/c1-6-15-9-16(7-13(4)20(15)33-11-17(30)10-19(31)21(25)32)22-28-23(35-29-22)18-8-14(5)26-24(27-18)34-12(2)3/h7-9,12,17,19,30-31H,6,10-11H2,1-5H3,(H2,25,32)/t17-,19?/m0/s1. The van der Waals surface area contributed by atoms with Crippen molar-refractivity contribution in [2.75, 3.05) is 6.61 Å². The molecule has 188 valence electrons. The van der Waals surface area contributed by atoms with E-state index in [9.17, 15) is 15.0 Å². The van der Waals surface area contributed by atoms with E-state index in [0.717, 1.165) is 16.7 Å². The average molecular weight is 486 g/mol. The number of hydrogen-bond donors (Lipinski definition) is 3. The van der Waals surface area contributed by atoms with E-state index in [-0.39, 0.29) is 31.0 Å². The number of carbonyl (C=O) groups excluding carboxylic acids is 1. The lowest BCUT2D eigenvalue weighted by molar-refractivity contribution is -0.127. The summed E-state index contributed by atoms with van der Waals surface area (Å²) in [6.45, 7) is 9.35. The minimum Gasteiger partial charge on any atom is -0.490 e. The Bertz CT molecular complexity index is 1180. The summed E-state index contributed by atoms with van der Waals surface area (Å²) in [5.74, 6) is 0.344. The summed E-state index contributed by atoms with van der Waals surface area (Å²) in [5.41, 5.74) is 8.62. The monoisotopic (exact) mass is 485 g/mol. The van der Waals surface area contributed by atoms with Gasteiger partial charge >= 0.3 is 6.01 Å². The van der Waals surface area contributed by atoms with E-state index >= 15 is 0 Å². The summed E-state index contributed by atoms with van der Waals surface area (Å²) in [6, 6.07) is 5.72. The first kappa shape index (κ1) is 26.0. The van der Waals surface area contributed by atoms with E-state index in [2.05, 4.69) is 20.1 Å². The number of nitrogens with zero attached hydrogens (tertiary/aromatic N) is 4. The van der Waals surface area contributed by atoms with Crippen LogP contribution in [0.25, 0.3) is 23.0 Å². The van der Waals surface area contributed by atoms with Crippen molar-refractivity contribution >= 4 is 5.91 Å². The SMILES string of the molecule is CCc1cc(-c2noc(-c3cc(C)nc(OC(C)C)n3)n2)cc(C)c1OC[C@@H](O)CC(O)C(N)=O. The first-order valence-electron chi connectivity index (χ1n) is 11.4. The van der Waals surface area contributed by atoms with Gasteiger partial charge in [-0.05, 0) is 63.4 Å². The fourth-order valence-corrected chi connectivity index (χ4v) is 3.43. The number of hydrogen-bond acceptors (Lipinski definition) is 10. The van der Waals surface area contributed by atoms with E-state index in [1.165, 1.54) is 0 Å². The highest BCUT2D eigenvalue weighted by molar-refractivity contribution is 5.78. The molecule has 0 aliphatic heterocycles. The van der Waals surface area contributed by atoms with Crippen LogP contribution in [0, 0.1) is 13.8 Å². The molecule has 1 amide bonds. The maximum Gasteiger partial charge on any atom is 0.317 e. The molecular weight excluding hydrogens is 454 g/mol. The number of aliphatic hydroxyl groups is 2. The van der Waals surface area contributed by atoms with Crippen LogP contribution in [-0.4, -0.2) is 61.1 Å². The third-order valence-electron chi connectivity index (χ3n) is 5.05. The van der Waals surface area contributed by atoms with Crippen molar-refractivity contribution in [3.05, 3.63) is 35.0 Å². The lowest BCUT2D eigenvalue weighted by Gasteiger charge is -2.18. The zero-order chi connectivity index (χ0) is 25.7. The predicted molar refractivity (Wildman–Crippen MR) is 127 cm³/mol. The topological polar surface area (TPSA) is 167 Å². The van der Waals surface area contributed by atoms with Crippen LogP contribution < -0.4 is 15.2 Å². The Kier molecular flexibility index (Phi) is 8.36. The number of aliphatic hydroxyl groups excluding tert-OH is 2. The molecule has 0 aliphatic carbocycles. The average Bonchev–Trinajstić information content (AvgIpc) is 3.27. The van der Waals surface area contributed by atoms with Crippen LogP contribution in [-0.2, 0) is 11.2 Å². The second kappa shape index (κ2) is 11.2. The second-order valence-corrected chi connectivity index (χ2v) is 8.52. The molecule has 1 aromatic carbocycles. The molecule has 0 saturated heterocycles. The Morgan fingerprint density at radius 1 is 1.14 bits per heavy atom. The molecule has 0 radical (unpaired) electrons. The Balaban J connectivity index is 1.81. The normalized spacial score (nSPS) is 13.0. The van der Waals surface area contributed by atoms with Gasteiger partial charge in [0.2, 0.25) is 11.7 Å². The van der Waals surface area contributed by atoms with Gasteiger partial charge in [-0.25, -0.2) is 4.98 Å². The zero-order valence-electron chi connectivity index (χ0n) is 20.5. The fourth-order valence-electron chi connectivity index (χ4n) is 3.43. The van der Waals surface area contributed by atoms with E-state index in [1.54, 1.807) is 6.07 Å². The number of benzene rings is 1. The number of ether oxygens (including phenoxy) is 2. The highest BCUT2D eigenvalue weighted by Gasteiger charge is 2.20. The largest absolute Gasteiger partial charge is 0.490 e. The Hall–Kier alpha value is -3.57. The molecule has 0 spiro atoms. The summed E-state index contributed by atoms with van der Waals surface area (Å²) in [6.07, 6.45) is -2.11. The van der Waals surface area contributed by atoms with Gasteiger partial charge in [0.05, 0.1) is 12.2 Å². The fraction of sp³-hybridized carbons (Fsp3) is 0.458. The number of primary amides is 1. The van der Waals surface area contributed by atoms with Gasteiger partial charge in [-0.3, -0.25) is 4.79 Å². The molecule has 3 aromatic rings. The molecule has 0 aliphatic rings. The smallest absolute Gasteiger partial charge is 0.317 e. The van der Waals surface area contributed by atoms with Crippen LogP contribution in [0.5, 0.6) is 11.8 Å². The molecule has 0 bridgehead atoms. The number of aryl methyl sites for hydroxylation is 3. The van der Waals surface area contributed by atoms with Gasteiger partial charge in [0.25, 0.3) is 5.89 Å². The van der Waals surface area contributed by atoms with E-state index in [1.807, 2.05) is 46.8 Å². The maximum atomic E-state index is 11.0. The molecular formula is C24H31N5O6. The summed E-state index contributed by atoms with van der Waals surface area (Å²) >= 11 is 0. The van der Waals surface area contributed by atoms with Gasteiger partial charge in [-0.15, -0.1) is 0 Å². The Morgan fingerprint density at radius 2 is 1.89 bits per heavy atom. The molecule has 4 N–H and O–H groups in total. The minimum atomic E-state index is -1.43. The van der Waals surface area contributed by atoms with E-state index in [4.69, 9.17) is 19.7 Å². The summed E-state index contributed by atoms with van der Waals surface area (Å²) in [7, 11) is 0. The van der Waals surface area contributed by atoms with Crippen molar-refractivity contribution in [2.24, 2.45) is 5.73 Å². The van der Waals surface area contributed by atoms with Crippen molar-refractivity contribution in [3.8, 4) is 34.7 Å². The first-order chi connectivity index (χ1) is 16.6. The van der Waals surface area contributed by atoms with Gasteiger partial charge in [0.1, 0.15) is 24.2 Å². The predicted octanol–water partition coefficient (Wildman–Crippen LogP) is 2.14. The maximum absolute atomic E-state index is 11.0. The van der Waals surface area contributed by atoms with Crippen molar-refractivity contribution in [3.63, 3.8) is 0 Å². The quantitative estimate of drug-likeness (QED) is 0.366. The number of aromatic nitrogens is 4. The Morgan fingerprint density at radius 3 is 2.54 bits per heavy atom. The molecule has 2 atom stereocenters. The van der Waals surface area contributed by atoms with E-state index in [0.29, 0.717) is 29.4 Å². The van der Waals surface area contributed by atoms with Gasteiger partial charge in [0, 0.05) is 17.7 Å². The van der Waals surface area contributed by atoms with Crippen molar-refractivity contribution < 1.29 is 29.0 Å². The number of carbonyl (C=O) groups is 1. The summed E-state index contributed by atoms with van der Waals surface area (Å²) in [5, 5.41) is 23.7. The summed E-state index contributed by atoms with van der Waals surface area (Å²) in [4.78, 5) is 24.1. The van der Waals surface area contributed by atoms with Crippen molar-refractivity contribution in [1.29, 1.82) is 0 Å². The molecule has 11 heteroatoms. The lowest BCUT2D eigenvalue weighted by Crippen LogP contribution is -2.33. The third kappa shape index (κ3) is 6.74. The third-order valence-corrected chi connectivity index (χ3v) is 5.05. The van der Waals surface area contributed by atoms with E-state index < -0.39 is 18.1 Å². The van der Waals surface area contributed by atoms with Gasteiger partial charge in [-0.2, -0.15) is 9.97 Å². The highest BCUT2D eigenvalue weighted by atomic mass is 16.5. The molecule has 0 fully saturated rings. The molecule has 11 nitrogen and oxygen atoms in total. The van der Waals surface area contributed by atoms with Crippen molar-refractivity contribution in [1.82, 2.24) is 20.1 Å². The van der Waals surface area contributed by atoms with Crippen LogP contribution in [0.2, 0.25) is 0 Å². The van der Waals surface area contributed by atoms with Crippen molar-refractivity contribution in [2.45, 2.75) is 65.8 Å². The molecule has 1 unspecified atom stereocenters. The molecule has 2 aromatic heterocycles. The van der Waals surface area contributed by atoms with Gasteiger partial charge in [-0.1, -0.05) is 12.1 Å². The highest BCUT2D eigenvalue weighted by Crippen LogP contribution is 2.31. The van der Waals surface area contributed by atoms with Crippen LogP contribution in [0.4, 0.5) is 0 Å². The number of amides is 1. The molecule has 0 saturated carbocycles. The van der Waals surface area contributed by atoms with Crippen LogP contribution in [0.3, 0.4) is 0 Å². The van der Waals surface area contributed by atoms with Crippen LogP contribution in [0.1, 0.15) is 44.0 Å². The van der Waals surface area contributed by atoms with Crippen LogP contribution >= 0.6 is 0 Å². The Labute approximate surface area is 203 Å². The first-order valence-corrected chi connectivity index (χ1v) is 11.4. The minimum absolute atomic E-state index is 0.0756. The van der Waals surface area contributed by atoms with Crippen LogP contribution in [0.15, 0.2) is 22.7 Å². The lowest BCUT2D eigenvalue weighted by atomic mass is 10.0. The molecule has 2 heterocycles. The zero-order valence-corrected chi connectivity index (χ0v) is 20.5. The van der Waals surface area contributed by atoms with Gasteiger partial charge < -0.3 is 29.9 Å². The number of nitrogens with two attached hydrogens (primary N) is 1. The molecule has 35 heavy (non-hydrogen) atoms. The number of rotatable bonds is 11. The second-order valence-electron chi connectivity index (χ2n) is 8.52. The molecule has 3 rings (SSSR count).